The van der Waals surface area contributed by atoms with Crippen molar-refractivity contribution in [2.45, 2.75) is 38.6 Å². The first-order chi connectivity index (χ1) is 7.79. The summed E-state index contributed by atoms with van der Waals surface area (Å²) in [5.74, 6) is 0.870. The Morgan fingerprint density at radius 2 is 2.12 bits per heavy atom. The molecular weight excluding hydrogens is 204 g/mol. The Bertz CT molecular complexity index is 235. The molecule has 0 radical (unpaired) electrons. The highest BCUT2D eigenvalue weighted by Crippen LogP contribution is 2.34. The normalized spacial score (nSPS) is 22.9. The van der Waals surface area contributed by atoms with Crippen molar-refractivity contribution >= 4 is 6.03 Å². The van der Waals surface area contributed by atoms with Crippen LogP contribution in [-0.4, -0.2) is 43.3 Å². The van der Waals surface area contributed by atoms with Crippen LogP contribution in [0, 0.1) is 5.92 Å². The summed E-state index contributed by atoms with van der Waals surface area (Å²) >= 11 is 0. The second kappa shape index (κ2) is 5.53. The van der Waals surface area contributed by atoms with Crippen molar-refractivity contribution in [3.05, 3.63) is 0 Å². The smallest absolute Gasteiger partial charge is 0.317 e. The van der Waals surface area contributed by atoms with Gasteiger partial charge in [0, 0.05) is 19.1 Å². The summed E-state index contributed by atoms with van der Waals surface area (Å²) in [6, 6.07) is 0.457. The van der Waals surface area contributed by atoms with Crippen LogP contribution in [0.1, 0.15) is 32.6 Å². The van der Waals surface area contributed by atoms with Crippen LogP contribution >= 0.6 is 0 Å². The minimum atomic E-state index is 0.0933. The van der Waals surface area contributed by atoms with Gasteiger partial charge < -0.3 is 15.0 Å². The van der Waals surface area contributed by atoms with Crippen molar-refractivity contribution in [2.75, 3.05) is 26.3 Å². The Hall–Kier alpha value is -0.770. The van der Waals surface area contributed by atoms with E-state index < -0.39 is 0 Å². The van der Waals surface area contributed by atoms with E-state index in [0.29, 0.717) is 19.3 Å². The lowest BCUT2D eigenvalue weighted by Crippen LogP contribution is -2.49. The molecule has 1 aliphatic heterocycles. The van der Waals surface area contributed by atoms with Gasteiger partial charge in [-0.15, -0.1) is 0 Å². The third kappa shape index (κ3) is 3.37. The van der Waals surface area contributed by atoms with Crippen molar-refractivity contribution < 1.29 is 9.53 Å². The summed E-state index contributed by atoms with van der Waals surface area (Å²) < 4.78 is 5.23. The largest absolute Gasteiger partial charge is 0.378 e. The van der Waals surface area contributed by atoms with Gasteiger partial charge in [-0.3, -0.25) is 0 Å². The SMILES string of the molecule is CCC(CC1CC1)NC(=O)N1CCOCC1. The van der Waals surface area contributed by atoms with Crippen LogP contribution in [0.25, 0.3) is 0 Å². The van der Waals surface area contributed by atoms with Crippen LogP contribution in [0.15, 0.2) is 0 Å². The zero-order valence-electron chi connectivity index (χ0n) is 10.1. The summed E-state index contributed by atoms with van der Waals surface area (Å²) in [4.78, 5) is 13.8. The van der Waals surface area contributed by atoms with E-state index in [1.54, 1.807) is 0 Å². The average molecular weight is 226 g/mol. The van der Waals surface area contributed by atoms with Crippen molar-refractivity contribution in [3.8, 4) is 0 Å². The molecule has 0 aromatic carbocycles. The number of nitrogens with one attached hydrogen (secondary N) is 1. The molecule has 1 heterocycles. The Kier molecular flexibility index (Phi) is 4.04. The highest BCUT2D eigenvalue weighted by atomic mass is 16.5. The zero-order chi connectivity index (χ0) is 11.4. The van der Waals surface area contributed by atoms with Crippen molar-refractivity contribution in [1.29, 1.82) is 0 Å². The summed E-state index contributed by atoms with van der Waals surface area (Å²) in [5, 5.41) is 3.14. The van der Waals surface area contributed by atoms with Crippen molar-refractivity contribution in [3.63, 3.8) is 0 Å². The van der Waals surface area contributed by atoms with Crippen LogP contribution in [0.5, 0.6) is 0 Å². The van der Waals surface area contributed by atoms with E-state index in [1.165, 1.54) is 12.8 Å². The Morgan fingerprint density at radius 1 is 1.44 bits per heavy atom. The van der Waals surface area contributed by atoms with Gasteiger partial charge in [-0.1, -0.05) is 19.8 Å². The van der Waals surface area contributed by atoms with Gasteiger partial charge in [0.1, 0.15) is 0 Å². The lowest BCUT2D eigenvalue weighted by atomic mass is 10.1. The second-order valence-electron chi connectivity index (χ2n) is 4.83. The van der Waals surface area contributed by atoms with E-state index >= 15 is 0 Å². The van der Waals surface area contributed by atoms with Crippen molar-refractivity contribution in [2.24, 2.45) is 5.92 Å². The zero-order valence-corrected chi connectivity index (χ0v) is 10.1. The number of morpholine rings is 1. The maximum atomic E-state index is 11.9. The highest BCUT2D eigenvalue weighted by molar-refractivity contribution is 5.74. The minimum Gasteiger partial charge on any atom is -0.378 e. The van der Waals surface area contributed by atoms with Crippen LogP contribution in [-0.2, 0) is 4.74 Å². The molecule has 2 amide bonds. The third-order valence-corrected chi connectivity index (χ3v) is 3.43. The van der Waals surface area contributed by atoms with Gasteiger partial charge in [-0.05, 0) is 18.8 Å². The minimum absolute atomic E-state index is 0.0933. The van der Waals surface area contributed by atoms with Gasteiger partial charge in [0.25, 0.3) is 0 Å². The molecule has 0 aromatic rings. The Balaban J connectivity index is 1.74. The van der Waals surface area contributed by atoms with Gasteiger partial charge in [-0.25, -0.2) is 4.79 Å². The Labute approximate surface area is 97.3 Å². The monoisotopic (exact) mass is 226 g/mol. The van der Waals surface area contributed by atoms with E-state index in [2.05, 4.69) is 12.2 Å². The van der Waals surface area contributed by atoms with Crippen molar-refractivity contribution in [1.82, 2.24) is 10.2 Å². The summed E-state index contributed by atoms with van der Waals surface area (Å²) in [5.41, 5.74) is 0. The second-order valence-corrected chi connectivity index (χ2v) is 4.83. The maximum Gasteiger partial charge on any atom is 0.317 e. The number of nitrogens with zero attached hydrogens (tertiary/aromatic N) is 1. The standard InChI is InChI=1S/C12H22N2O2/c1-2-11(9-10-3-4-10)13-12(15)14-5-7-16-8-6-14/h10-11H,2-9H2,1H3,(H,13,15). The molecule has 1 unspecified atom stereocenters. The van der Waals surface area contributed by atoms with Crippen LogP contribution in [0.2, 0.25) is 0 Å². The first-order valence-corrected chi connectivity index (χ1v) is 6.42. The molecule has 92 valence electrons. The fourth-order valence-corrected chi connectivity index (χ4v) is 2.12. The van der Waals surface area contributed by atoms with Gasteiger partial charge in [0.2, 0.25) is 0 Å². The quantitative estimate of drug-likeness (QED) is 0.791. The van der Waals surface area contributed by atoms with Gasteiger partial charge in [0.15, 0.2) is 0 Å². The molecular formula is C12H22N2O2. The summed E-state index contributed by atoms with van der Waals surface area (Å²) in [7, 11) is 0. The van der Waals surface area contributed by atoms with E-state index in [0.717, 1.165) is 31.8 Å². The van der Waals surface area contributed by atoms with E-state index in [9.17, 15) is 4.79 Å². The fraction of sp³-hybridized carbons (Fsp3) is 0.917. The molecule has 1 aliphatic carbocycles. The molecule has 0 spiro atoms. The summed E-state index contributed by atoms with van der Waals surface area (Å²) in [6.45, 7) is 4.95. The fourth-order valence-electron chi connectivity index (χ4n) is 2.12. The van der Waals surface area contributed by atoms with E-state index in [1.807, 2.05) is 4.90 Å². The predicted octanol–water partition coefficient (Wildman–Crippen LogP) is 1.61. The average Bonchev–Trinajstić information content (AvgIpc) is 3.13. The van der Waals surface area contributed by atoms with Crippen LogP contribution in [0.3, 0.4) is 0 Å². The molecule has 0 bridgehead atoms. The molecule has 2 rings (SSSR count). The van der Waals surface area contributed by atoms with Crippen LogP contribution < -0.4 is 5.32 Å². The molecule has 1 saturated heterocycles. The topological polar surface area (TPSA) is 41.6 Å². The number of ether oxygens (including phenoxy) is 1. The molecule has 1 atom stereocenters. The molecule has 0 aromatic heterocycles. The van der Waals surface area contributed by atoms with Gasteiger partial charge >= 0.3 is 6.03 Å². The molecule has 1 N–H and O–H groups in total. The molecule has 2 aliphatic rings. The van der Waals surface area contributed by atoms with E-state index in [-0.39, 0.29) is 6.03 Å². The number of urea groups is 1. The Morgan fingerprint density at radius 3 is 2.69 bits per heavy atom. The first-order valence-electron chi connectivity index (χ1n) is 6.42. The number of hydrogen-bond donors (Lipinski definition) is 1. The van der Waals surface area contributed by atoms with Gasteiger partial charge in [0.05, 0.1) is 13.2 Å². The number of carbonyl (C=O) groups excluding carboxylic acids is 1. The van der Waals surface area contributed by atoms with E-state index in [4.69, 9.17) is 4.74 Å². The molecule has 4 heteroatoms. The first kappa shape index (κ1) is 11.7. The number of amides is 2. The lowest BCUT2D eigenvalue weighted by Gasteiger charge is -2.29. The van der Waals surface area contributed by atoms with Gasteiger partial charge in [-0.2, -0.15) is 0 Å². The lowest BCUT2D eigenvalue weighted by molar-refractivity contribution is 0.0523. The number of rotatable bonds is 4. The third-order valence-electron chi connectivity index (χ3n) is 3.43. The van der Waals surface area contributed by atoms with Crippen LogP contribution in [0.4, 0.5) is 4.79 Å². The molecule has 2 fully saturated rings. The molecule has 1 saturated carbocycles. The number of hydrogen-bond acceptors (Lipinski definition) is 2. The summed E-state index contributed by atoms with van der Waals surface area (Å²) in [6.07, 6.45) is 4.90. The number of carbonyl (C=O) groups is 1. The molecule has 4 nitrogen and oxygen atoms in total. The highest BCUT2D eigenvalue weighted by Gasteiger charge is 2.26. The predicted molar refractivity (Wildman–Crippen MR) is 62.3 cm³/mol. The maximum absolute atomic E-state index is 11.9. The molecule has 16 heavy (non-hydrogen) atoms.